The van der Waals surface area contributed by atoms with Gasteiger partial charge >= 0.3 is 5.97 Å². The van der Waals surface area contributed by atoms with E-state index in [9.17, 15) is 23.3 Å². The maximum absolute atomic E-state index is 12.1. The average molecular weight is 355 g/mol. The number of sulfonamides is 1. The molecule has 1 heterocycles. The Bertz CT molecular complexity index is 686. The lowest BCUT2D eigenvalue weighted by molar-refractivity contribution is -0.384. The second-order valence-corrected chi connectivity index (χ2v) is 8.24. The van der Waals surface area contributed by atoms with Gasteiger partial charge in [-0.15, -0.1) is 11.3 Å². The van der Waals surface area contributed by atoms with Crippen molar-refractivity contribution in [2.24, 2.45) is 5.92 Å². The summed E-state index contributed by atoms with van der Waals surface area (Å²) in [5.41, 5.74) is -0.461. The lowest BCUT2D eigenvalue weighted by Crippen LogP contribution is -2.32. The smallest absolute Gasteiger partial charge is 0.306 e. The summed E-state index contributed by atoms with van der Waals surface area (Å²) >= 11 is 6.23. The largest absolute Gasteiger partial charge is 0.481 e. The molecule has 0 amide bonds. The Morgan fingerprint density at radius 2 is 2.19 bits per heavy atom. The van der Waals surface area contributed by atoms with Gasteiger partial charge in [-0.05, 0) is 19.3 Å². The molecule has 0 saturated heterocycles. The van der Waals surface area contributed by atoms with Crippen LogP contribution in [0.1, 0.15) is 19.3 Å². The van der Waals surface area contributed by atoms with Crippen molar-refractivity contribution in [3.05, 3.63) is 20.5 Å². The third-order valence-electron chi connectivity index (χ3n) is 3.21. The Hall–Kier alpha value is -1.23. The van der Waals surface area contributed by atoms with E-state index in [1.807, 2.05) is 0 Å². The van der Waals surface area contributed by atoms with Gasteiger partial charge in [0.25, 0.3) is 15.7 Å². The van der Waals surface area contributed by atoms with Gasteiger partial charge in [0.15, 0.2) is 4.34 Å². The van der Waals surface area contributed by atoms with Crippen LogP contribution in [0, 0.1) is 16.0 Å². The Morgan fingerprint density at radius 1 is 1.52 bits per heavy atom. The number of carbonyl (C=O) groups is 1. The number of nitrogens with zero attached hydrogens (tertiary/aromatic N) is 1. The normalized spacial score (nSPS) is 22.3. The lowest BCUT2D eigenvalue weighted by Gasteiger charge is -2.11. The molecule has 0 unspecified atom stereocenters. The molecular weight excluding hydrogens is 344 g/mol. The van der Waals surface area contributed by atoms with Crippen LogP contribution in [-0.2, 0) is 14.8 Å². The van der Waals surface area contributed by atoms with Crippen molar-refractivity contribution in [3.8, 4) is 0 Å². The zero-order chi connectivity index (χ0) is 15.8. The molecule has 0 spiro atoms. The molecule has 8 nitrogen and oxygen atoms in total. The van der Waals surface area contributed by atoms with Crippen LogP contribution in [0.3, 0.4) is 0 Å². The van der Waals surface area contributed by atoms with Crippen molar-refractivity contribution >= 4 is 44.6 Å². The maximum atomic E-state index is 12.1. The van der Waals surface area contributed by atoms with E-state index in [4.69, 9.17) is 16.7 Å². The van der Waals surface area contributed by atoms with Crippen molar-refractivity contribution in [1.82, 2.24) is 4.72 Å². The highest BCUT2D eigenvalue weighted by Crippen LogP contribution is 2.36. The topological polar surface area (TPSA) is 127 Å². The summed E-state index contributed by atoms with van der Waals surface area (Å²) in [6.45, 7) is 0. The second-order valence-electron chi connectivity index (χ2n) is 4.65. The van der Waals surface area contributed by atoms with Crippen LogP contribution in [-0.4, -0.2) is 30.5 Å². The van der Waals surface area contributed by atoms with Crippen LogP contribution in [0.2, 0.25) is 4.34 Å². The fraction of sp³-hybridized carbons (Fsp3) is 0.500. The summed E-state index contributed by atoms with van der Waals surface area (Å²) in [6, 6.07) is 0.412. The number of aliphatic carboxylic acids is 1. The van der Waals surface area contributed by atoms with Gasteiger partial charge in [0.2, 0.25) is 0 Å². The third-order valence-corrected chi connectivity index (χ3v) is 6.54. The number of nitro groups is 1. The van der Waals surface area contributed by atoms with Crippen molar-refractivity contribution in [1.29, 1.82) is 0 Å². The fourth-order valence-electron chi connectivity index (χ4n) is 2.19. The fourth-order valence-corrected chi connectivity index (χ4v) is 5.15. The number of hydrogen-bond donors (Lipinski definition) is 2. The number of nitrogens with one attached hydrogen (secondary N) is 1. The van der Waals surface area contributed by atoms with Crippen LogP contribution in [0.5, 0.6) is 0 Å². The molecule has 1 aliphatic rings. The minimum Gasteiger partial charge on any atom is -0.481 e. The zero-order valence-electron chi connectivity index (χ0n) is 10.5. The predicted molar refractivity (Wildman–Crippen MR) is 75.1 cm³/mol. The summed E-state index contributed by atoms with van der Waals surface area (Å²) in [6.07, 6.45) is 1.01. The van der Waals surface area contributed by atoms with E-state index in [2.05, 4.69) is 4.72 Å². The number of hydrogen-bond acceptors (Lipinski definition) is 6. The van der Waals surface area contributed by atoms with Gasteiger partial charge in [0, 0.05) is 12.1 Å². The highest BCUT2D eigenvalue weighted by molar-refractivity contribution is 7.91. The van der Waals surface area contributed by atoms with Crippen molar-refractivity contribution in [2.75, 3.05) is 0 Å². The molecule has 1 aliphatic carbocycles. The minimum absolute atomic E-state index is 0.204. The summed E-state index contributed by atoms with van der Waals surface area (Å²) in [7, 11) is -3.94. The molecule has 21 heavy (non-hydrogen) atoms. The van der Waals surface area contributed by atoms with E-state index in [1.54, 1.807) is 0 Å². The first-order chi connectivity index (χ1) is 9.70. The van der Waals surface area contributed by atoms with E-state index in [0.717, 1.165) is 6.07 Å². The quantitative estimate of drug-likeness (QED) is 0.613. The predicted octanol–water partition coefficient (Wildman–Crippen LogP) is 1.84. The van der Waals surface area contributed by atoms with Crippen LogP contribution < -0.4 is 4.72 Å². The van der Waals surface area contributed by atoms with Gasteiger partial charge in [-0.1, -0.05) is 11.6 Å². The molecule has 1 fully saturated rings. The summed E-state index contributed by atoms with van der Waals surface area (Å²) in [5, 5.41) is 19.6. The minimum atomic E-state index is -3.94. The maximum Gasteiger partial charge on any atom is 0.306 e. The molecule has 0 bridgehead atoms. The highest BCUT2D eigenvalue weighted by Gasteiger charge is 2.34. The van der Waals surface area contributed by atoms with Crippen LogP contribution >= 0.6 is 22.9 Å². The van der Waals surface area contributed by atoms with E-state index in [0.29, 0.717) is 24.2 Å². The Morgan fingerprint density at radius 3 is 2.67 bits per heavy atom. The number of carboxylic acid groups (broad SMARTS) is 1. The molecule has 0 radical (unpaired) electrons. The van der Waals surface area contributed by atoms with Gasteiger partial charge in [0.1, 0.15) is 4.21 Å². The van der Waals surface area contributed by atoms with Crippen molar-refractivity contribution in [3.63, 3.8) is 0 Å². The lowest BCUT2D eigenvalue weighted by atomic mass is 10.1. The summed E-state index contributed by atoms with van der Waals surface area (Å²) in [5.74, 6) is -1.52. The zero-order valence-corrected chi connectivity index (χ0v) is 12.9. The van der Waals surface area contributed by atoms with Gasteiger partial charge in [0.05, 0.1) is 10.8 Å². The third kappa shape index (κ3) is 3.51. The molecule has 2 rings (SSSR count). The molecule has 116 valence electrons. The average Bonchev–Trinajstić information content (AvgIpc) is 2.95. The van der Waals surface area contributed by atoms with Crippen LogP contribution in [0.25, 0.3) is 0 Å². The van der Waals surface area contributed by atoms with E-state index in [-0.39, 0.29) is 15.0 Å². The Balaban J connectivity index is 2.14. The summed E-state index contributed by atoms with van der Waals surface area (Å²) in [4.78, 5) is 20.8. The van der Waals surface area contributed by atoms with Crippen LogP contribution in [0.4, 0.5) is 5.69 Å². The van der Waals surface area contributed by atoms with E-state index >= 15 is 0 Å². The molecule has 1 aromatic rings. The molecule has 1 aromatic heterocycles. The Kier molecular flexibility index (Phi) is 4.51. The van der Waals surface area contributed by atoms with E-state index < -0.39 is 38.6 Å². The monoisotopic (exact) mass is 354 g/mol. The van der Waals surface area contributed by atoms with Crippen molar-refractivity contribution in [2.45, 2.75) is 29.5 Å². The number of rotatable bonds is 5. The standard InChI is InChI=1S/C10H11ClN2O6S2/c11-9-7(13(16)17)4-8(20-9)21(18,19)12-6-2-1-5(3-6)10(14)15/h4-6,12H,1-3H2,(H,14,15)/t5-,6+/m1/s1. The van der Waals surface area contributed by atoms with Crippen LogP contribution in [0.15, 0.2) is 10.3 Å². The van der Waals surface area contributed by atoms with Gasteiger partial charge in [-0.25, -0.2) is 13.1 Å². The summed E-state index contributed by atoms with van der Waals surface area (Å²) < 4.78 is 26.2. The molecular formula is C10H11ClN2O6S2. The first-order valence-corrected chi connectivity index (χ1v) is 8.57. The molecule has 11 heteroatoms. The SMILES string of the molecule is O=C(O)[C@@H]1CC[C@H](NS(=O)(=O)c2cc([N+](=O)[O-])c(Cl)s2)C1. The van der Waals surface area contributed by atoms with Gasteiger partial charge in [-0.3, -0.25) is 14.9 Å². The van der Waals surface area contributed by atoms with Gasteiger partial charge in [-0.2, -0.15) is 0 Å². The Labute approximate surface area is 128 Å². The molecule has 0 aliphatic heterocycles. The molecule has 2 N–H and O–H groups in total. The molecule has 0 aromatic carbocycles. The molecule has 2 atom stereocenters. The first kappa shape index (κ1) is 16.1. The first-order valence-electron chi connectivity index (χ1n) is 5.89. The van der Waals surface area contributed by atoms with Gasteiger partial charge < -0.3 is 5.11 Å². The molecule has 1 saturated carbocycles. The number of thiophene rings is 1. The number of halogens is 1. The highest BCUT2D eigenvalue weighted by atomic mass is 35.5. The van der Waals surface area contributed by atoms with Crippen molar-refractivity contribution < 1.29 is 23.2 Å². The number of carboxylic acids is 1. The van der Waals surface area contributed by atoms with E-state index in [1.165, 1.54) is 0 Å². The second kappa shape index (κ2) is 5.87.